The minimum Gasteiger partial charge on any atom is -0.295 e. The number of carbonyl (C=O) groups excluding carboxylic acids is 1. The van der Waals surface area contributed by atoms with Gasteiger partial charge in [-0.25, -0.2) is 0 Å². The van der Waals surface area contributed by atoms with Gasteiger partial charge in [-0.3, -0.25) is 4.79 Å². The molecule has 0 heterocycles. The summed E-state index contributed by atoms with van der Waals surface area (Å²) in [6, 6.07) is 0. The first kappa shape index (κ1) is 6.27. The van der Waals surface area contributed by atoms with Gasteiger partial charge in [-0.05, 0) is 31.4 Å². The van der Waals surface area contributed by atoms with Crippen molar-refractivity contribution >= 4 is 5.78 Å². The molecule has 1 heteroatoms. The lowest BCUT2D eigenvalue weighted by Crippen LogP contribution is -1.82. The first-order chi connectivity index (χ1) is 4.29. The zero-order valence-electron chi connectivity index (χ0n) is 5.55. The standard InChI is InChI=1S/C8H10O/c1-7(9)6-8-4-2-3-5-8/h2,4,6H,3,5H2,1H3/b8-6+. The van der Waals surface area contributed by atoms with Gasteiger partial charge < -0.3 is 0 Å². The summed E-state index contributed by atoms with van der Waals surface area (Å²) in [5, 5.41) is 0. The third kappa shape index (κ3) is 1.84. The lowest BCUT2D eigenvalue weighted by Gasteiger charge is -1.87. The molecule has 0 aromatic carbocycles. The van der Waals surface area contributed by atoms with E-state index in [1.54, 1.807) is 13.0 Å². The fourth-order valence-electron chi connectivity index (χ4n) is 0.949. The van der Waals surface area contributed by atoms with E-state index >= 15 is 0 Å². The molecule has 0 unspecified atom stereocenters. The van der Waals surface area contributed by atoms with E-state index in [-0.39, 0.29) is 5.78 Å². The van der Waals surface area contributed by atoms with E-state index in [4.69, 9.17) is 0 Å². The quantitative estimate of drug-likeness (QED) is 0.485. The van der Waals surface area contributed by atoms with Crippen LogP contribution >= 0.6 is 0 Å². The molecule has 9 heavy (non-hydrogen) atoms. The monoisotopic (exact) mass is 122 g/mol. The van der Waals surface area contributed by atoms with Crippen LogP contribution < -0.4 is 0 Å². The third-order valence-electron chi connectivity index (χ3n) is 1.32. The van der Waals surface area contributed by atoms with Crippen LogP contribution in [0.5, 0.6) is 0 Å². The molecule has 0 amide bonds. The predicted octanol–water partition coefficient (Wildman–Crippen LogP) is 1.85. The van der Waals surface area contributed by atoms with Gasteiger partial charge in [0.15, 0.2) is 5.78 Å². The molecule has 0 fully saturated rings. The molecule has 0 saturated carbocycles. The average Bonchev–Trinajstić information content (AvgIpc) is 2.15. The van der Waals surface area contributed by atoms with Crippen LogP contribution in [0.4, 0.5) is 0 Å². The first-order valence-electron chi connectivity index (χ1n) is 3.17. The van der Waals surface area contributed by atoms with Crippen molar-refractivity contribution < 1.29 is 4.79 Å². The van der Waals surface area contributed by atoms with Crippen molar-refractivity contribution in [2.75, 3.05) is 0 Å². The van der Waals surface area contributed by atoms with Crippen LogP contribution in [-0.2, 0) is 4.79 Å². The van der Waals surface area contributed by atoms with Crippen LogP contribution in [-0.4, -0.2) is 5.78 Å². The second-order valence-corrected chi connectivity index (χ2v) is 2.27. The first-order valence-corrected chi connectivity index (χ1v) is 3.17. The van der Waals surface area contributed by atoms with E-state index in [1.807, 2.05) is 6.08 Å². The summed E-state index contributed by atoms with van der Waals surface area (Å²) in [7, 11) is 0. The highest BCUT2D eigenvalue weighted by molar-refractivity contribution is 5.88. The Morgan fingerprint density at radius 2 is 2.56 bits per heavy atom. The van der Waals surface area contributed by atoms with E-state index in [1.165, 1.54) is 5.57 Å². The van der Waals surface area contributed by atoms with Gasteiger partial charge >= 0.3 is 0 Å². The topological polar surface area (TPSA) is 17.1 Å². The second-order valence-electron chi connectivity index (χ2n) is 2.27. The van der Waals surface area contributed by atoms with E-state index in [0.717, 1.165) is 12.8 Å². The summed E-state index contributed by atoms with van der Waals surface area (Å²) >= 11 is 0. The largest absolute Gasteiger partial charge is 0.295 e. The Hall–Kier alpha value is -0.850. The molecule has 1 aliphatic carbocycles. The predicted molar refractivity (Wildman–Crippen MR) is 37.1 cm³/mol. The van der Waals surface area contributed by atoms with E-state index < -0.39 is 0 Å². The number of hydrogen-bond acceptors (Lipinski definition) is 1. The Morgan fingerprint density at radius 1 is 1.78 bits per heavy atom. The molecule has 1 nitrogen and oxygen atoms in total. The van der Waals surface area contributed by atoms with Crippen molar-refractivity contribution in [3.63, 3.8) is 0 Å². The summed E-state index contributed by atoms with van der Waals surface area (Å²) in [5.74, 6) is 0.150. The molecule has 0 bridgehead atoms. The highest BCUT2D eigenvalue weighted by Crippen LogP contribution is 2.14. The number of ketones is 1. The van der Waals surface area contributed by atoms with Crippen molar-refractivity contribution in [1.29, 1.82) is 0 Å². The molecule has 0 aromatic rings. The molecule has 1 rings (SSSR count). The third-order valence-corrected chi connectivity index (χ3v) is 1.32. The maximum atomic E-state index is 10.5. The molecular weight excluding hydrogens is 112 g/mol. The van der Waals surface area contributed by atoms with E-state index in [0.29, 0.717) is 0 Å². The lowest BCUT2D eigenvalue weighted by molar-refractivity contribution is -0.112. The Morgan fingerprint density at radius 3 is 3.00 bits per heavy atom. The van der Waals surface area contributed by atoms with Gasteiger partial charge in [0, 0.05) is 0 Å². The molecule has 1 aliphatic rings. The van der Waals surface area contributed by atoms with Gasteiger partial charge in [0.05, 0.1) is 0 Å². The molecule has 0 aromatic heterocycles. The van der Waals surface area contributed by atoms with Gasteiger partial charge in [0.1, 0.15) is 0 Å². The summed E-state index contributed by atoms with van der Waals surface area (Å²) in [6.07, 6.45) is 7.94. The zero-order valence-corrected chi connectivity index (χ0v) is 5.55. The minimum atomic E-state index is 0.150. The van der Waals surface area contributed by atoms with Crippen molar-refractivity contribution in [2.45, 2.75) is 19.8 Å². The van der Waals surface area contributed by atoms with Crippen molar-refractivity contribution in [3.8, 4) is 0 Å². The lowest BCUT2D eigenvalue weighted by atomic mass is 10.2. The number of hydrogen-bond donors (Lipinski definition) is 0. The molecule has 0 N–H and O–H groups in total. The molecule has 0 radical (unpaired) electrons. The molecule has 0 saturated heterocycles. The van der Waals surface area contributed by atoms with Gasteiger partial charge in [-0.2, -0.15) is 0 Å². The zero-order chi connectivity index (χ0) is 6.69. The molecule has 48 valence electrons. The van der Waals surface area contributed by atoms with E-state index in [9.17, 15) is 4.79 Å². The number of rotatable bonds is 1. The summed E-state index contributed by atoms with van der Waals surface area (Å²) in [4.78, 5) is 10.5. The maximum absolute atomic E-state index is 10.5. The van der Waals surface area contributed by atoms with E-state index in [2.05, 4.69) is 6.08 Å². The van der Waals surface area contributed by atoms with Crippen molar-refractivity contribution in [3.05, 3.63) is 23.8 Å². The van der Waals surface area contributed by atoms with Crippen LogP contribution in [0.25, 0.3) is 0 Å². The molecule has 0 spiro atoms. The minimum absolute atomic E-state index is 0.150. The normalized spacial score (nSPS) is 21.2. The second kappa shape index (κ2) is 2.62. The Balaban J connectivity index is 2.61. The molecule has 0 atom stereocenters. The van der Waals surface area contributed by atoms with Crippen molar-refractivity contribution in [1.82, 2.24) is 0 Å². The van der Waals surface area contributed by atoms with Crippen LogP contribution in [0.2, 0.25) is 0 Å². The fraction of sp³-hybridized carbons (Fsp3) is 0.375. The molecular formula is C8H10O. The Bertz CT molecular complexity index is 175. The van der Waals surface area contributed by atoms with Gasteiger partial charge in [0.25, 0.3) is 0 Å². The smallest absolute Gasteiger partial charge is 0.152 e. The Labute approximate surface area is 55.1 Å². The average molecular weight is 122 g/mol. The highest BCUT2D eigenvalue weighted by Gasteiger charge is 1.98. The highest BCUT2D eigenvalue weighted by atomic mass is 16.1. The van der Waals surface area contributed by atoms with Crippen LogP contribution in [0.15, 0.2) is 23.8 Å². The van der Waals surface area contributed by atoms with Gasteiger partial charge in [0.2, 0.25) is 0 Å². The number of allylic oxidation sites excluding steroid dienone is 4. The van der Waals surface area contributed by atoms with Crippen LogP contribution in [0.3, 0.4) is 0 Å². The SMILES string of the molecule is CC(=O)/C=C1\C=CCC1. The fourth-order valence-corrected chi connectivity index (χ4v) is 0.949. The number of carbonyl (C=O) groups is 1. The Kier molecular flexibility index (Phi) is 1.83. The van der Waals surface area contributed by atoms with Gasteiger partial charge in [-0.15, -0.1) is 0 Å². The summed E-state index contributed by atoms with van der Waals surface area (Å²) in [5.41, 5.74) is 1.17. The maximum Gasteiger partial charge on any atom is 0.152 e. The summed E-state index contributed by atoms with van der Waals surface area (Å²) < 4.78 is 0. The van der Waals surface area contributed by atoms with Gasteiger partial charge in [-0.1, -0.05) is 12.2 Å². The summed E-state index contributed by atoms with van der Waals surface area (Å²) in [6.45, 7) is 1.58. The van der Waals surface area contributed by atoms with Crippen molar-refractivity contribution in [2.24, 2.45) is 0 Å². The molecule has 0 aliphatic heterocycles. The van der Waals surface area contributed by atoms with Crippen LogP contribution in [0, 0.1) is 0 Å². The van der Waals surface area contributed by atoms with Crippen LogP contribution in [0.1, 0.15) is 19.8 Å².